The van der Waals surface area contributed by atoms with E-state index in [9.17, 15) is 4.79 Å². The summed E-state index contributed by atoms with van der Waals surface area (Å²) >= 11 is 0. The molecule has 3 heteroatoms. The zero-order chi connectivity index (χ0) is 15.4. The maximum absolute atomic E-state index is 12.8. The number of amides is 1. The number of benzene rings is 2. The number of rotatable bonds is 3. The number of aryl methyl sites for hydroxylation is 1. The SMILES string of the molecule is CCc1ccc(C2CNCCN2C(=O)c2ccccc2)cc1. The van der Waals surface area contributed by atoms with Crippen molar-refractivity contribution in [2.24, 2.45) is 0 Å². The molecular weight excluding hydrogens is 272 g/mol. The second-order valence-corrected chi connectivity index (χ2v) is 5.68. The molecule has 0 bridgehead atoms. The van der Waals surface area contributed by atoms with Crippen molar-refractivity contribution < 1.29 is 4.79 Å². The van der Waals surface area contributed by atoms with Crippen LogP contribution in [0.15, 0.2) is 54.6 Å². The Bertz CT molecular complexity index is 622. The maximum atomic E-state index is 12.8. The smallest absolute Gasteiger partial charge is 0.254 e. The Balaban J connectivity index is 1.86. The Hall–Kier alpha value is -2.13. The van der Waals surface area contributed by atoms with Gasteiger partial charge in [-0.1, -0.05) is 49.4 Å². The lowest BCUT2D eigenvalue weighted by Gasteiger charge is -2.36. The predicted molar refractivity (Wildman–Crippen MR) is 88.9 cm³/mol. The molecule has 1 unspecified atom stereocenters. The quantitative estimate of drug-likeness (QED) is 0.943. The van der Waals surface area contributed by atoms with Crippen molar-refractivity contribution in [1.29, 1.82) is 0 Å². The highest BCUT2D eigenvalue weighted by Gasteiger charge is 2.28. The van der Waals surface area contributed by atoms with Gasteiger partial charge in [0.2, 0.25) is 0 Å². The van der Waals surface area contributed by atoms with Crippen molar-refractivity contribution in [2.45, 2.75) is 19.4 Å². The van der Waals surface area contributed by atoms with Crippen LogP contribution >= 0.6 is 0 Å². The highest BCUT2D eigenvalue weighted by molar-refractivity contribution is 5.94. The summed E-state index contributed by atoms with van der Waals surface area (Å²) in [6.07, 6.45) is 1.04. The second kappa shape index (κ2) is 6.75. The average Bonchev–Trinajstić information content (AvgIpc) is 2.62. The van der Waals surface area contributed by atoms with Gasteiger partial charge >= 0.3 is 0 Å². The molecule has 1 amide bonds. The van der Waals surface area contributed by atoms with Gasteiger partial charge in [0, 0.05) is 25.2 Å². The van der Waals surface area contributed by atoms with E-state index in [-0.39, 0.29) is 11.9 Å². The molecule has 2 aromatic rings. The molecule has 1 atom stereocenters. The molecule has 1 aliphatic rings. The van der Waals surface area contributed by atoms with E-state index in [1.807, 2.05) is 35.2 Å². The number of carbonyl (C=O) groups is 1. The molecular formula is C19H22N2O. The molecule has 3 rings (SSSR count). The minimum atomic E-state index is 0.104. The lowest BCUT2D eigenvalue weighted by molar-refractivity contribution is 0.0634. The Labute approximate surface area is 132 Å². The molecule has 1 heterocycles. The number of nitrogens with one attached hydrogen (secondary N) is 1. The first-order valence-corrected chi connectivity index (χ1v) is 7.95. The van der Waals surface area contributed by atoms with E-state index in [4.69, 9.17) is 0 Å². The molecule has 3 nitrogen and oxygen atoms in total. The second-order valence-electron chi connectivity index (χ2n) is 5.68. The van der Waals surface area contributed by atoms with Crippen LogP contribution in [0, 0.1) is 0 Å². The van der Waals surface area contributed by atoms with E-state index in [1.165, 1.54) is 11.1 Å². The zero-order valence-corrected chi connectivity index (χ0v) is 13.0. The first-order chi connectivity index (χ1) is 10.8. The molecule has 0 aliphatic carbocycles. The third-order valence-corrected chi connectivity index (χ3v) is 4.30. The molecule has 22 heavy (non-hydrogen) atoms. The molecule has 1 fully saturated rings. The molecule has 1 N–H and O–H groups in total. The van der Waals surface area contributed by atoms with Crippen LogP contribution in [-0.2, 0) is 6.42 Å². The van der Waals surface area contributed by atoms with Crippen LogP contribution in [0.1, 0.15) is 34.5 Å². The third-order valence-electron chi connectivity index (χ3n) is 4.30. The van der Waals surface area contributed by atoms with Crippen LogP contribution in [0.25, 0.3) is 0 Å². The number of carbonyl (C=O) groups excluding carboxylic acids is 1. The molecule has 0 spiro atoms. The van der Waals surface area contributed by atoms with E-state index >= 15 is 0 Å². The molecule has 0 aromatic heterocycles. The van der Waals surface area contributed by atoms with Crippen LogP contribution in [0.5, 0.6) is 0 Å². The fraction of sp³-hybridized carbons (Fsp3) is 0.316. The third kappa shape index (κ3) is 3.04. The first-order valence-electron chi connectivity index (χ1n) is 7.95. The van der Waals surface area contributed by atoms with Gasteiger partial charge in [-0.25, -0.2) is 0 Å². The van der Waals surface area contributed by atoms with Gasteiger partial charge in [-0.3, -0.25) is 4.79 Å². The highest BCUT2D eigenvalue weighted by Crippen LogP contribution is 2.24. The van der Waals surface area contributed by atoms with Crippen LogP contribution in [0.3, 0.4) is 0 Å². The lowest BCUT2D eigenvalue weighted by Crippen LogP contribution is -2.48. The monoisotopic (exact) mass is 294 g/mol. The van der Waals surface area contributed by atoms with Crippen molar-refractivity contribution >= 4 is 5.91 Å². The predicted octanol–water partition coefficient (Wildman–Crippen LogP) is 3.04. The van der Waals surface area contributed by atoms with Crippen LogP contribution in [-0.4, -0.2) is 30.4 Å². The standard InChI is InChI=1S/C19H22N2O/c1-2-15-8-10-16(11-9-15)18-14-20-12-13-21(18)19(22)17-6-4-3-5-7-17/h3-11,18,20H,2,12-14H2,1H3. The van der Waals surface area contributed by atoms with Crippen molar-refractivity contribution in [1.82, 2.24) is 10.2 Å². The molecule has 0 radical (unpaired) electrons. The Kier molecular flexibility index (Phi) is 4.54. The summed E-state index contributed by atoms with van der Waals surface area (Å²) in [5.41, 5.74) is 3.29. The fourth-order valence-corrected chi connectivity index (χ4v) is 2.97. The van der Waals surface area contributed by atoms with Gasteiger partial charge in [-0.2, -0.15) is 0 Å². The van der Waals surface area contributed by atoms with Gasteiger partial charge in [-0.05, 0) is 29.7 Å². The van der Waals surface area contributed by atoms with Gasteiger partial charge in [-0.15, -0.1) is 0 Å². The Morgan fingerprint density at radius 3 is 2.55 bits per heavy atom. The average molecular weight is 294 g/mol. The highest BCUT2D eigenvalue weighted by atomic mass is 16.2. The van der Waals surface area contributed by atoms with E-state index in [0.29, 0.717) is 0 Å². The van der Waals surface area contributed by atoms with Crippen LogP contribution in [0.4, 0.5) is 0 Å². The number of hydrogen-bond acceptors (Lipinski definition) is 2. The number of hydrogen-bond donors (Lipinski definition) is 1. The number of piperazine rings is 1. The van der Waals surface area contributed by atoms with E-state index in [1.54, 1.807) is 0 Å². The molecule has 2 aromatic carbocycles. The fourth-order valence-electron chi connectivity index (χ4n) is 2.97. The summed E-state index contributed by atoms with van der Waals surface area (Å²) in [6.45, 7) is 4.56. The normalized spacial score (nSPS) is 18.2. The van der Waals surface area contributed by atoms with Crippen molar-refractivity contribution in [2.75, 3.05) is 19.6 Å². The topological polar surface area (TPSA) is 32.3 Å². The summed E-state index contributed by atoms with van der Waals surface area (Å²) in [5.74, 6) is 0.117. The van der Waals surface area contributed by atoms with Gasteiger partial charge in [0.05, 0.1) is 6.04 Å². The Morgan fingerprint density at radius 1 is 1.14 bits per heavy atom. The van der Waals surface area contributed by atoms with Crippen molar-refractivity contribution in [3.05, 3.63) is 71.3 Å². The molecule has 0 saturated carbocycles. The summed E-state index contributed by atoms with van der Waals surface area (Å²) < 4.78 is 0. The Morgan fingerprint density at radius 2 is 1.86 bits per heavy atom. The molecule has 114 valence electrons. The number of nitrogens with zero attached hydrogens (tertiary/aromatic N) is 1. The summed E-state index contributed by atoms with van der Waals surface area (Å²) in [7, 11) is 0. The van der Waals surface area contributed by atoms with Crippen molar-refractivity contribution in [3.8, 4) is 0 Å². The van der Waals surface area contributed by atoms with E-state index in [0.717, 1.165) is 31.6 Å². The van der Waals surface area contributed by atoms with Crippen LogP contribution < -0.4 is 5.32 Å². The zero-order valence-electron chi connectivity index (χ0n) is 13.0. The van der Waals surface area contributed by atoms with Gasteiger partial charge in [0.15, 0.2) is 0 Å². The summed E-state index contributed by atoms with van der Waals surface area (Å²) in [5, 5.41) is 3.40. The molecule has 1 aliphatic heterocycles. The molecule has 1 saturated heterocycles. The first kappa shape index (κ1) is 14.8. The van der Waals surface area contributed by atoms with Crippen LogP contribution in [0.2, 0.25) is 0 Å². The largest absolute Gasteiger partial charge is 0.329 e. The summed E-state index contributed by atoms with van der Waals surface area (Å²) in [6, 6.07) is 18.3. The minimum absolute atomic E-state index is 0.104. The van der Waals surface area contributed by atoms with Gasteiger partial charge in [0.25, 0.3) is 5.91 Å². The maximum Gasteiger partial charge on any atom is 0.254 e. The van der Waals surface area contributed by atoms with E-state index in [2.05, 4.69) is 36.5 Å². The van der Waals surface area contributed by atoms with E-state index < -0.39 is 0 Å². The minimum Gasteiger partial charge on any atom is -0.329 e. The lowest BCUT2D eigenvalue weighted by atomic mass is 10.00. The van der Waals surface area contributed by atoms with Gasteiger partial charge < -0.3 is 10.2 Å². The van der Waals surface area contributed by atoms with Gasteiger partial charge in [0.1, 0.15) is 0 Å². The van der Waals surface area contributed by atoms with Crippen molar-refractivity contribution in [3.63, 3.8) is 0 Å². The summed E-state index contributed by atoms with van der Waals surface area (Å²) in [4.78, 5) is 14.8.